The SMILES string of the molecule is CC[C@@H](CC(=O)O)NC(=O)C[C@H](CC)NC(=O)OCC1c2ccccc2-c2ccccc21. The molecule has 0 aromatic heterocycles. The fourth-order valence-corrected chi connectivity index (χ4v) is 4.12. The Morgan fingerprint density at radius 2 is 1.41 bits per heavy atom. The molecule has 2 amide bonds. The van der Waals surface area contributed by atoms with Crippen LogP contribution in [0.5, 0.6) is 0 Å². The van der Waals surface area contributed by atoms with Gasteiger partial charge in [0.2, 0.25) is 5.91 Å². The summed E-state index contributed by atoms with van der Waals surface area (Å²) < 4.78 is 5.55. The Bertz CT molecular complexity index is 929. The molecule has 1 aliphatic carbocycles. The number of rotatable bonds is 10. The fraction of sp³-hybridized carbons (Fsp3) is 0.400. The van der Waals surface area contributed by atoms with Gasteiger partial charge in [-0.15, -0.1) is 0 Å². The molecule has 2 aromatic rings. The van der Waals surface area contributed by atoms with Crippen molar-refractivity contribution in [1.29, 1.82) is 0 Å². The van der Waals surface area contributed by atoms with Gasteiger partial charge >= 0.3 is 12.1 Å². The van der Waals surface area contributed by atoms with Crippen molar-refractivity contribution in [3.05, 3.63) is 59.7 Å². The molecule has 2 atom stereocenters. The molecule has 7 heteroatoms. The van der Waals surface area contributed by atoms with Crippen LogP contribution < -0.4 is 10.6 Å². The van der Waals surface area contributed by atoms with Crippen molar-refractivity contribution in [3.8, 4) is 11.1 Å². The first-order valence-electron chi connectivity index (χ1n) is 11.1. The number of ether oxygens (including phenoxy) is 1. The van der Waals surface area contributed by atoms with E-state index in [1.165, 1.54) is 0 Å². The number of hydrogen-bond donors (Lipinski definition) is 3. The van der Waals surface area contributed by atoms with Crippen LogP contribution in [0.4, 0.5) is 4.79 Å². The van der Waals surface area contributed by atoms with E-state index in [1.807, 2.05) is 38.1 Å². The van der Waals surface area contributed by atoms with Crippen molar-refractivity contribution >= 4 is 18.0 Å². The number of fused-ring (bicyclic) bond motifs is 3. The summed E-state index contributed by atoms with van der Waals surface area (Å²) in [6.07, 6.45) is 0.446. The van der Waals surface area contributed by atoms with Crippen LogP contribution in [0, 0.1) is 0 Å². The molecule has 170 valence electrons. The molecule has 7 nitrogen and oxygen atoms in total. The number of alkyl carbamates (subject to hydrolysis) is 1. The standard InChI is InChI=1S/C25H30N2O5/c1-3-16(13-23(28)26-17(4-2)14-24(29)30)27-25(31)32-15-22-20-11-7-5-9-18(20)19-10-6-8-12-21(19)22/h5-12,16-17,22H,3-4,13-15H2,1-2H3,(H,26,28)(H,27,31)(H,29,30)/t16-,17-/m0/s1. The minimum Gasteiger partial charge on any atom is -0.481 e. The number of amides is 2. The molecule has 0 fully saturated rings. The van der Waals surface area contributed by atoms with Crippen LogP contribution in [0.3, 0.4) is 0 Å². The van der Waals surface area contributed by atoms with Crippen molar-refractivity contribution in [3.63, 3.8) is 0 Å². The summed E-state index contributed by atoms with van der Waals surface area (Å²) in [6, 6.07) is 15.4. The number of hydrogen-bond acceptors (Lipinski definition) is 4. The molecule has 0 saturated carbocycles. The monoisotopic (exact) mass is 438 g/mol. The minimum absolute atomic E-state index is 0.0298. The molecule has 0 spiro atoms. The van der Waals surface area contributed by atoms with Gasteiger partial charge in [-0.05, 0) is 35.1 Å². The Kier molecular flexibility index (Phi) is 7.87. The summed E-state index contributed by atoms with van der Waals surface area (Å²) in [6.45, 7) is 3.90. The number of benzene rings is 2. The molecule has 0 aliphatic heterocycles. The first-order valence-corrected chi connectivity index (χ1v) is 11.1. The molecule has 0 radical (unpaired) electrons. The van der Waals surface area contributed by atoms with Gasteiger partial charge in [0.05, 0.1) is 6.42 Å². The minimum atomic E-state index is -0.957. The second-order valence-corrected chi connectivity index (χ2v) is 8.05. The zero-order valence-electron chi connectivity index (χ0n) is 18.5. The highest BCUT2D eigenvalue weighted by Crippen LogP contribution is 2.44. The Morgan fingerprint density at radius 1 is 0.875 bits per heavy atom. The van der Waals surface area contributed by atoms with Crippen LogP contribution in [-0.4, -0.2) is 41.8 Å². The lowest BCUT2D eigenvalue weighted by atomic mass is 9.98. The molecule has 3 N–H and O–H groups in total. The van der Waals surface area contributed by atoms with E-state index in [2.05, 4.69) is 34.9 Å². The van der Waals surface area contributed by atoms with Crippen molar-refractivity contribution in [2.24, 2.45) is 0 Å². The summed E-state index contributed by atoms with van der Waals surface area (Å²) in [5, 5.41) is 14.4. The first kappa shape index (κ1) is 23.3. The van der Waals surface area contributed by atoms with E-state index in [0.717, 1.165) is 22.3 Å². The molecule has 1 aliphatic rings. The lowest BCUT2D eigenvalue weighted by Crippen LogP contribution is -2.42. The van der Waals surface area contributed by atoms with Crippen molar-refractivity contribution in [2.75, 3.05) is 6.61 Å². The Labute approximate surface area is 188 Å². The Morgan fingerprint density at radius 3 is 1.94 bits per heavy atom. The largest absolute Gasteiger partial charge is 0.481 e. The van der Waals surface area contributed by atoms with Gasteiger partial charge < -0.3 is 20.5 Å². The number of nitrogens with one attached hydrogen (secondary N) is 2. The van der Waals surface area contributed by atoms with E-state index >= 15 is 0 Å². The maximum Gasteiger partial charge on any atom is 0.407 e. The van der Waals surface area contributed by atoms with Gasteiger partial charge in [0.25, 0.3) is 0 Å². The third kappa shape index (κ3) is 5.66. The number of carbonyl (C=O) groups excluding carboxylic acids is 2. The van der Waals surface area contributed by atoms with E-state index < -0.39 is 24.1 Å². The molecule has 0 saturated heterocycles. The molecule has 0 unspecified atom stereocenters. The number of carboxylic acid groups (broad SMARTS) is 1. The summed E-state index contributed by atoms with van der Waals surface area (Å²) in [7, 11) is 0. The zero-order valence-corrected chi connectivity index (χ0v) is 18.5. The van der Waals surface area contributed by atoms with Crippen molar-refractivity contribution in [2.45, 2.75) is 57.5 Å². The van der Waals surface area contributed by atoms with E-state index in [4.69, 9.17) is 9.84 Å². The summed E-state index contributed by atoms with van der Waals surface area (Å²) in [4.78, 5) is 35.6. The highest BCUT2D eigenvalue weighted by atomic mass is 16.5. The average molecular weight is 439 g/mol. The quantitative estimate of drug-likeness (QED) is 0.519. The number of carboxylic acids is 1. The predicted molar refractivity (Wildman–Crippen MR) is 121 cm³/mol. The van der Waals surface area contributed by atoms with Gasteiger partial charge in [-0.1, -0.05) is 62.4 Å². The van der Waals surface area contributed by atoms with Gasteiger partial charge in [0.1, 0.15) is 6.61 Å². The third-order valence-electron chi connectivity index (χ3n) is 5.87. The smallest absolute Gasteiger partial charge is 0.407 e. The lowest BCUT2D eigenvalue weighted by molar-refractivity contribution is -0.137. The van der Waals surface area contributed by atoms with Crippen LogP contribution in [0.25, 0.3) is 11.1 Å². The van der Waals surface area contributed by atoms with Gasteiger partial charge in [0, 0.05) is 24.4 Å². The fourth-order valence-electron chi connectivity index (χ4n) is 4.12. The highest BCUT2D eigenvalue weighted by molar-refractivity contribution is 5.80. The first-order chi connectivity index (χ1) is 15.4. The van der Waals surface area contributed by atoms with Crippen LogP contribution >= 0.6 is 0 Å². The van der Waals surface area contributed by atoms with Crippen LogP contribution in [0.15, 0.2) is 48.5 Å². The van der Waals surface area contributed by atoms with E-state index in [1.54, 1.807) is 0 Å². The maximum atomic E-state index is 12.5. The van der Waals surface area contributed by atoms with Crippen molar-refractivity contribution < 1.29 is 24.2 Å². The van der Waals surface area contributed by atoms with Gasteiger partial charge in [-0.2, -0.15) is 0 Å². The van der Waals surface area contributed by atoms with Gasteiger partial charge in [-0.25, -0.2) is 4.79 Å². The van der Waals surface area contributed by atoms with E-state index in [-0.39, 0.29) is 31.3 Å². The number of carbonyl (C=O) groups is 3. The second-order valence-electron chi connectivity index (χ2n) is 8.05. The lowest BCUT2D eigenvalue weighted by Gasteiger charge is -2.20. The van der Waals surface area contributed by atoms with Crippen LogP contribution in [-0.2, 0) is 14.3 Å². The van der Waals surface area contributed by atoms with Gasteiger partial charge in [-0.3, -0.25) is 9.59 Å². The van der Waals surface area contributed by atoms with E-state index in [0.29, 0.717) is 12.8 Å². The van der Waals surface area contributed by atoms with Crippen LogP contribution in [0.1, 0.15) is 56.6 Å². The van der Waals surface area contributed by atoms with Crippen LogP contribution in [0.2, 0.25) is 0 Å². The highest BCUT2D eigenvalue weighted by Gasteiger charge is 2.29. The molecule has 0 heterocycles. The molecule has 3 rings (SSSR count). The third-order valence-corrected chi connectivity index (χ3v) is 5.87. The topological polar surface area (TPSA) is 105 Å². The molecular formula is C25H30N2O5. The molecule has 0 bridgehead atoms. The number of aliphatic carboxylic acids is 1. The summed E-state index contributed by atoms with van der Waals surface area (Å²) >= 11 is 0. The van der Waals surface area contributed by atoms with Crippen molar-refractivity contribution in [1.82, 2.24) is 10.6 Å². The second kappa shape index (κ2) is 10.8. The predicted octanol–water partition coefficient (Wildman–Crippen LogP) is 4.06. The summed E-state index contributed by atoms with van der Waals surface area (Å²) in [5.41, 5.74) is 4.59. The summed E-state index contributed by atoms with van der Waals surface area (Å²) in [5.74, 6) is -1.28. The molecule has 2 aromatic carbocycles. The zero-order chi connectivity index (χ0) is 23.1. The normalized spacial score (nSPS) is 14.1. The Balaban J connectivity index is 1.55. The Hall–Kier alpha value is -3.35. The molecule has 32 heavy (non-hydrogen) atoms. The van der Waals surface area contributed by atoms with E-state index in [9.17, 15) is 14.4 Å². The van der Waals surface area contributed by atoms with Gasteiger partial charge in [0.15, 0.2) is 0 Å². The average Bonchev–Trinajstić information content (AvgIpc) is 3.10. The molecular weight excluding hydrogens is 408 g/mol. The maximum absolute atomic E-state index is 12.5.